The van der Waals surface area contributed by atoms with Crippen molar-refractivity contribution in [3.05, 3.63) is 51.1 Å². The molecule has 114 valence electrons. The molecule has 0 spiro atoms. The summed E-state index contributed by atoms with van der Waals surface area (Å²) < 4.78 is 1.54. The second kappa shape index (κ2) is 5.66. The van der Waals surface area contributed by atoms with E-state index in [2.05, 4.69) is 25.2 Å². The Morgan fingerprint density at radius 2 is 2.32 bits per heavy atom. The molecule has 1 aliphatic rings. The van der Waals surface area contributed by atoms with E-state index in [-0.39, 0.29) is 11.6 Å². The highest BCUT2D eigenvalue weighted by Gasteiger charge is 2.25. The Kier molecular flexibility index (Phi) is 3.51. The van der Waals surface area contributed by atoms with Crippen LogP contribution >= 0.6 is 11.3 Å². The first kappa shape index (κ1) is 13.7. The van der Waals surface area contributed by atoms with Crippen LogP contribution in [0.3, 0.4) is 0 Å². The number of thiazole rings is 1. The number of aromatic nitrogens is 4. The summed E-state index contributed by atoms with van der Waals surface area (Å²) in [5, 5.41) is 2.09. The summed E-state index contributed by atoms with van der Waals surface area (Å²) in [6, 6.07) is 1.93. The number of piperidine rings is 1. The van der Waals surface area contributed by atoms with Gasteiger partial charge in [-0.05, 0) is 19.4 Å². The van der Waals surface area contributed by atoms with Crippen LogP contribution in [-0.4, -0.2) is 30.8 Å². The SMILES string of the molecule is O=c1cc([C@@H]2CCCCN2Cc2cscn2)[nH]c2nccn12. The summed E-state index contributed by atoms with van der Waals surface area (Å²) in [5.41, 5.74) is 3.90. The average Bonchev–Trinajstić information content (AvgIpc) is 3.19. The first-order valence-corrected chi connectivity index (χ1v) is 8.43. The van der Waals surface area contributed by atoms with E-state index in [0.29, 0.717) is 5.78 Å². The largest absolute Gasteiger partial charge is 0.327 e. The number of hydrogen-bond acceptors (Lipinski definition) is 5. The average molecular weight is 315 g/mol. The van der Waals surface area contributed by atoms with E-state index in [1.807, 2.05) is 5.51 Å². The third-order valence-electron chi connectivity index (χ3n) is 4.23. The van der Waals surface area contributed by atoms with E-state index in [1.165, 1.54) is 17.2 Å². The Bertz CT molecular complexity index is 822. The zero-order valence-electron chi connectivity index (χ0n) is 12.1. The summed E-state index contributed by atoms with van der Waals surface area (Å²) in [5.74, 6) is 0.613. The summed E-state index contributed by atoms with van der Waals surface area (Å²) in [4.78, 5) is 26.5. The van der Waals surface area contributed by atoms with E-state index < -0.39 is 0 Å². The normalized spacial score (nSPS) is 19.7. The van der Waals surface area contributed by atoms with Gasteiger partial charge < -0.3 is 4.98 Å². The van der Waals surface area contributed by atoms with Crippen LogP contribution in [0.4, 0.5) is 0 Å². The van der Waals surface area contributed by atoms with Crippen LogP contribution < -0.4 is 5.56 Å². The van der Waals surface area contributed by atoms with Gasteiger partial charge in [0.15, 0.2) is 0 Å². The monoisotopic (exact) mass is 315 g/mol. The molecule has 0 bridgehead atoms. The minimum atomic E-state index is -0.0274. The van der Waals surface area contributed by atoms with Gasteiger partial charge in [-0.2, -0.15) is 0 Å². The van der Waals surface area contributed by atoms with E-state index in [9.17, 15) is 4.79 Å². The van der Waals surface area contributed by atoms with Crippen LogP contribution in [0, 0.1) is 0 Å². The number of fused-ring (bicyclic) bond motifs is 1. The molecule has 7 heteroatoms. The van der Waals surface area contributed by atoms with Crippen molar-refractivity contribution < 1.29 is 0 Å². The Morgan fingerprint density at radius 1 is 1.36 bits per heavy atom. The van der Waals surface area contributed by atoms with Gasteiger partial charge in [0.1, 0.15) is 0 Å². The highest BCUT2D eigenvalue weighted by Crippen LogP contribution is 2.30. The van der Waals surface area contributed by atoms with Crippen LogP contribution in [-0.2, 0) is 6.54 Å². The Labute approximate surface area is 131 Å². The van der Waals surface area contributed by atoms with Crippen molar-refractivity contribution in [2.45, 2.75) is 31.8 Å². The lowest BCUT2D eigenvalue weighted by Gasteiger charge is -2.35. The molecule has 4 heterocycles. The smallest absolute Gasteiger partial charge is 0.259 e. The van der Waals surface area contributed by atoms with Gasteiger partial charge in [-0.15, -0.1) is 11.3 Å². The van der Waals surface area contributed by atoms with Crippen LogP contribution in [0.5, 0.6) is 0 Å². The minimum absolute atomic E-state index is 0.0274. The van der Waals surface area contributed by atoms with Gasteiger partial charge in [-0.1, -0.05) is 6.42 Å². The van der Waals surface area contributed by atoms with Gasteiger partial charge in [0.2, 0.25) is 5.78 Å². The predicted molar refractivity (Wildman–Crippen MR) is 84.9 cm³/mol. The molecule has 1 N–H and O–H groups in total. The lowest BCUT2D eigenvalue weighted by Crippen LogP contribution is -2.34. The van der Waals surface area contributed by atoms with E-state index in [4.69, 9.17) is 0 Å². The fourth-order valence-electron chi connectivity index (χ4n) is 3.18. The van der Waals surface area contributed by atoms with Gasteiger partial charge in [0.25, 0.3) is 5.56 Å². The van der Waals surface area contributed by atoms with Crippen molar-refractivity contribution in [2.24, 2.45) is 0 Å². The third kappa shape index (κ3) is 2.46. The zero-order valence-corrected chi connectivity index (χ0v) is 12.9. The Balaban J connectivity index is 1.68. The molecule has 0 amide bonds. The minimum Gasteiger partial charge on any atom is -0.327 e. The maximum atomic E-state index is 12.2. The lowest BCUT2D eigenvalue weighted by atomic mass is 9.99. The Morgan fingerprint density at radius 3 is 3.18 bits per heavy atom. The molecular formula is C15H17N5OS. The van der Waals surface area contributed by atoms with Crippen LogP contribution in [0.15, 0.2) is 34.1 Å². The quantitative estimate of drug-likeness (QED) is 0.805. The first-order valence-electron chi connectivity index (χ1n) is 7.49. The second-order valence-corrected chi connectivity index (χ2v) is 6.36. The molecule has 0 aliphatic carbocycles. The molecule has 0 radical (unpaired) electrons. The highest BCUT2D eigenvalue weighted by molar-refractivity contribution is 7.07. The summed E-state index contributed by atoms with van der Waals surface area (Å²) in [7, 11) is 0. The summed E-state index contributed by atoms with van der Waals surface area (Å²) in [6.45, 7) is 1.86. The van der Waals surface area contributed by atoms with Crippen LogP contribution in [0.25, 0.3) is 5.78 Å². The molecule has 1 fully saturated rings. The van der Waals surface area contributed by atoms with Crippen molar-refractivity contribution in [3.63, 3.8) is 0 Å². The number of rotatable bonds is 3. The Hall–Kier alpha value is -1.99. The number of aromatic amines is 1. The molecule has 22 heavy (non-hydrogen) atoms. The maximum Gasteiger partial charge on any atom is 0.259 e. The third-order valence-corrected chi connectivity index (χ3v) is 4.87. The van der Waals surface area contributed by atoms with Crippen molar-refractivity contribution >= 4 is 17.1 Å². The predicted octanol–water partition coefficient (Wildman–Crippen LogP) is 2.21. The number of hydrogen-bond donors (Lipinski definition) is 1. The standard InChI is InChI=1S/C15H17N5OS/c21-14-7-12(18-15-16-4-6-20(14)15)13-3-1-2-5-19(13)8-11-9-22-10-17-11/h4,6-7,9-10,13H,1-3,5,8H2,(H,16,18)/t13-/m0/s1. The number of imidazole rings is 1. The molecule has 6 nitrogen and oxygen atoms in total. The van der Waals surface area contributed by atoms with Crippen LogP contribution in [0.2, 0.25) is 0 Å². The van der Waals surface area contributed by atoms with E-state index >= 15 is 0 Å². The van der Waals surface area contributed by atoms with E-state index in [0.717, 1.165) is 30.9 Å². The molecule has 0 unspecified atom stereocenters. The van der Waals surface area contributed by atoms with Crippen molar-refractivity contribution in [3.8, 4) is 0 Å². The number of nitrogens with one attached hydrogen (secondary N) is 1. The van der Waals surface area contributed by atoms with Gasteiger partial charge in [0, 0.05) is 36.1 Å². The molecule has 4 rings (SSSR count). The van der Waals surface area contributed by atoms with E-state index in [1.54, 1.807) is 29.8 Å². The topological polar surface area (TPSA) is 66.3 Å². The molecule has 1 saturated heterocycles. The van der Waals surface area contributed by atoms with Crippen molar-refractivity contribution in [1.29, 1.82) is 0 Å². The molecule has 1 aliphatic heterocycles. The lowest BCUT2D eigenvalue weighted by molar-refractivity contribution is 0.136. The summed E-state index contributed by atoms with van der Waals surface area (Å²) >= 11 is 1.62. The van der Waals surface area contributed by atoms with Crippen molar-refractivity contribution in [2.75, 3.05) is 6.54 Å². The fourth-order valence-corrected chi connectivity index (χ4v) is 3.73. The molecule has 0 aromatic carbocycles. The maximum absolute atomic E-state index is 12.2. The molecule has 1 atom stereocenters. The fraction of sp³-hybridized carbons (Fsp3) is 0.400. The highest BCUT2D eigenvalue weighted by atomic mass is 32.1. The van der Waals surface area contributed by atoms with Gasteiger partial charge in [0.05, 0.1) is 17.2 Å². The number of nitrogens with zero attached hydrogens (tertiary/aromatic N) is 4. The first-order chi connectivity index (χ1) is 10.8. The number of likely N-dealkylation sites (tertiary alicyclic amines) is 1. The molecule has 0 saturated carbocycles. The second-order valence-electron chi connectivity index (χ2n) is 5.65. The van der Waals surface area contributed by atoms with Gasteiger partial charge in [-0.3, -0.25) is 14.1 Å². The van der Waals surface area contributed by atoms with Gasteiger partial charge in [-0.25, -0.2) is 9.97 Å². The zero-order chi connectivity index (χ0) is 14.9. The van der Waals surface area contributed by atoms with Crippen molar-refractivity contribution in [1.82, 2.24) is 24.3 Å². The molecule has 3 aromatic rings. The summed E-state index contributed by atoms with van der Waals surface area (Å²) in [6.07, 6.45) is 6.75. The molecular weight excluding hydrogens is 298 g/mol. The number of H-pyrrole nitrogens is 1. The van der Waals surface area contributed by atoms with Crippen LogP contribution in [0.1, 0.15) is 36.7 Å². The van der Waals surface area contributed by atoms with Gasteiger partial charge >= 0.3 is 0 Å². The molecule has 3 aromatic heterocycles.